The zero-order valence-corrected chi connectivity index (χ0v) is 22.8. The van der Waals surface area contributed by atoms with Gasteiger partial charge in [-0.15, -0.1) is 0 Å². The van der Waals surface area contributed by atoms with E-state index in [-0.39, 0.29) is 5.91 Å². The Labute approximate surface area is 228 Å². The second kappa shape index (κ2) is 11.1. The van der Waals surface area contributed by atoms with Gasteiger partial charge in [0.15, 0.2) is 5.82 Å². The number of amides is 1. The molecule has 1 aliphatic rings. The summed E-state index contributed by atoms with van der Waals surface area (Å²) >= 11 is 0. The quantitative estimate of drug-likeness (QED) is 0.325. The number of aromatic nitrogens is 4. The van der Waals surface area contributed by atoms with Crippen molar-refractivity contribution in [2.75, 3.05) is 49.8 Å². The van der Waals surface area contributed by atoms with Gasteiger partial charge < -0.3 is 29.7 Å². The van der Waals surface area contributed by atoms with Gasteiger partial charge in [0, 0.05) is 38.4 Å². The minimum atomic E-state index is -0.282. The zero-order valence-electron chi connectivity index (χ0n) is 22.8. The molecule has 0 radical (unpaired) electrons. The molecule has 1 amide bonds. The fraction of sp³-hybridized carbons (Fsp3) is 0.310. The van der Waals surface area contributed by atoms with E-state index in [1.54, 1.807) is 13.3 Å². The fourth-order valence-corrected chi connectivity index (χ4v) is 5.04. The molecule has 5 rings (SSSR count). The number of carbonyl (C=O) groups is 1. The molecule has 0 bridgehead atoms. The monoisotopic (exact) mass is 526 g/mol. The van der Waals surface area contributed by atoms with E-state index in [9.17, 15) is 4.79 Å². The molecule has 202 valence electrons. The third kappa shape index (κ3) is 5.42. The SMILES string of the molecule is C=CC(=O)Nc1cc(Nc2nccc(-c3nc4ccccc4n3C)n2)c(OC)cc1N1CCC(N(C)C)CC1. The Hall–Kier alpha value is -4.44. The topological polar surface area (TPSA) is 100 Å². The summed E-state index contributed by atoms with van der Waals surface area (Å²) in [5, 5.41) is 6.25. The Morgan fingerprint density at radius 2 is 1.90 bits per heavy atom. The number of nitrogens with one attached hydrogen (secondary N) is 2. The standard InChI is InChI=1S/C29H34N8O2/c1-6-27(38)31-22-17-23(26(39-5)18-25(22)37-15-12-19(13-16-37)35(2)3)34-29-30-14-11-21(33-29)28-32-20-9-7-8-10-24(20)36(28)4/h6-11,14,17-19H,1,12-13,15-16H2,2-5H3,(H,31,38)(H,30,33,34). The number of fused-ring (bicyclic) bond motifs is 1. The number of methoxy groups -OCH3 is 1. The third-order valence-electron chi connectivity index (χ3n) is 7.21. The van der Waals surface area contributed by atoms with Crippen molar-refractivity contribution in [3.63, 3.8) is 0 Å². The van der Waals surface area contributed by atoms with E-state index in [0.29, 0.717) is 34.8 Å². The summed E-state index contributed by atoms with van der Waals surface area (Å²) in [4.78, 5) is 30.8. The molecule has 1 saturated heterocycles. The molecule has 2 aromatic heterocycles. The number of para-hydroxylation sites is 2. The van der Waals surface area contributed by atoms with E-state index in [0.717, 1.165) is 48.5 Å². The van der Waals surface area contributed by atoms with Gasteiger partial charge >= 0.3 is 0 Å². The molecular weight excluding hydrogens is 492 g/mol. The minimum Gasteiger partial charge on any atom is -0.494 e. The van der Waals surface area contributed by atoms with E-state index in [2.05, 4.69) is 46.1 Å². The number of rotatable bonds is 8. The van der Waals surface area contributed by atoms with Crippen LogP contribution in [0.4, 0.5) is 23.0 Å². The number of hydrogen-bond acceptors (Lipinski definition) is 8. The van der Waals surface area contributed by atoms with Crippen molar-refractivity contribution in [3.8, 4) is 17.3 Å². The normalized spacial score (nSPS) is 14.0. The van der Waals surface area contributed by atoms with Crippen LogP contribution in [0.3, 0.4) is 0 Å². The number of nitrogens with zero attached hydrogens (tertiary/aromatic N) is 6. The predicted molar refractivity (Wildman–Crippen MR) is 156 cm³/mol. The van der Waals surface area contributed by atoms with Gasteiger partial charge in [0.25, 0.3) is 0 Å². The zero-order chi connectivity index (χ0) is 27.5. The lowest BCUT2D eigenvalue weighted by Crippen LogP contribution is -2.42. The second-order valence-electron chi connectivity index (χ2n) is 9.82. The number of imidazole rings is 1. The number of benzene rings is 2. The number of hydrogen-bond donors (Lipinski definition) is 2. The van der Waals surface area contributed by atoms with Gasteiger partial charge in [-0.1, -0.05) is 18.7 Å². The molecule has 0 unspecified atom stereocenters. The van der Waals surface area contributed by atoms with Crippen molar-refractivity contribution in [1.29, 1.82) is 0 Å². The number of aryl methyl sites for hydroxylation is 1. The minimum absolute atomic E-state index is 0.282. The van der Waals surface area contributed by atoms with Crippen LogP contribution in [0.15, 0.2) is 61.3 Å². The van der Waals surface area contributed by atoms with Crippen LogP contribution >= 0.6 is 0 Å². The van der Waals surface area contributed by atoms with Crippen LogP contribution in [0.1, 0.15) is 12.8 Å². The molecule has 1 aliphatic heterocycles. The first kappa shape index (κ1) is 26.2. The van der Waals surface area contributed by atoms with Crippen molar-refractivity contribution >= 4 is 40.0 Å². The molecule has 10 nitrogen and oxygen atoms in total. The van der Waals surface area contributed by atoms with E-state index in [1.807, 2.05) is 54.1 Å². The summed E-state index contributed by atoms with van der Waals surface area (Å²) in [5.41, 5.74) is 4.81. The van der Waals surface area contributed by atoms with E-state index in [1.165, 1.54) is 6.08 Å². The van der Waals surface area contributed by atoms with Crippen LogP contribution < -0.4 is 20.3 Å². The Kier molecular flexibility index (Phi) is 7.47. The Morgan fingerprint density at radius 3 is 2.59 bits per heavy atom. The van der Waals surface area contributed by atoms with Crippen LogP contribution in [0, 0.1) is 0 Å². The highest BCUT2D eigenvalue weighted by molar-refractivity contribution is 6.02. The Balaban J connectivity index is 1.47. The molecule has 39 heavy (non-hydrogen) atoms. The average Bonchev–Trinajstić information content (AvgIpc) is 3.29. The van der Waals surface area contributed by atoms with Gasteiger partial charge in [0.2, 0.25) is 11.9 Å². The summed E-state index contributed by atoms with van der Waals surface area (Å²) in [6.07, 6.45) is 5.03. The van der Waals surface area contributed by atoms with Gasteiger partial charge in [-0.3, -0.25) is 4.79 Å². The van der Waals surface area contributed by atoms with Crippen LogP contribution in [-0.4, -0.2) is 70.7 Å². The molecule has 0 aliphatic carbocycles. The van der Waals surface area contributed by atoms with Gasteiger partial charge in [-0.05, 0) is 57.3 Å². The van der Waals surface area contributed by atoms with Crippen LogP contribution in [-0.2, 0) is 11.8 Å². The number of piperidine rings is 1. The highest BCUT2D eigenvalue weighted by Crippen LogP contribution is 2.39. The number of anilines is 4. The van der Waals surface area contributed by atoms with Crippen molar-refractivity contribution in [3.05, 3.63) is 61.3 Å². The summed E-state index contributed by atoms with van der Waals surface area (Å²) in [6, 6.07) is 14.1. The molecule has 0 spiro atoms. The van der Waals surface area contributed by atoms with Crippen LogP contribution in [0.2, 0.25) is 0 Å². The molecule has 0 saturated carbocycles. The fourth-order valence-electron chi connectivity index (χ4n) is 5.04. The average molecular weight is 527 g/mol. The number of ether oxygens (including phenoxy) is 1. The van der Waals surface area contributed by atoms with E-state index < -0.39 is 0 Å². The van der Waals surface area contributed by atoms with E-state index >= 15 is 0 Å². The summed E-state index contributed by atoms with van der Waals surface area (Å²) in [5.74, 6) is 1.46. The summed E-state index contributed by atoms with van der Waals surface area (Å²) < 4.78 is 7.78. The Morgan fingerprint density at radius 1 is 1.13 bits per heavy atom. The van der Waals surface area contributed by atoms with Crippen molar-refractivity contribution in [1.82, 2.24) is 24.4 Å². The number of carbonyl (C=O) groups excluding carboxylic acids is 1. The lowest BCUT2D eigenvalue weighted by Gasteiger charge is -2.37. The first-order valence-corrected chi connectivity index (χ1v) is 13.0. The first-order chi connectivity index (χ1) is 18.9. The largest absolute Gasteiger partial charge is 0.494 e. The summed E-state index contributed by atoms with van der Waals surface area (Å²) in [6.45, 7) is 5.36. The van der Waals surface area contributed by atoms with Gasteiger partial charge in [-0.2, -0.15) is 0 Å². The van der Waals surface area contributed by atoms with Crippen molar-refractivity contribution in [2.45, 2.75) is 18.9 Å². The maximum atomic E-state index is 12.3. The molecule has 2 N–H and O–H groups in total. The Bertz CT molecular complexity index is 1500. The molecule has 2 aromatic carbocycles. The lowest BCUT2D eigenvalue weighted by atomic mass is 10.0. The molecule has 3 heterocycles. The van der Waals surface area contributed by atoms with Gasteiger partial charge in [0.1, 0.15) is 11.4 Å². The highest BCUT2D eigenvalue weighted by Gasteiger charge is 2.24. The molecular formula is C29H34N8O2. The molecule has 4 aromatic rings. The molecule has 10 heteroatoms. The lowest BCUT2D eigenvalue weighted by molar-refractivity contribution is -0.111. The highest BCUT2D eigenvalue weighted by atomic mass is 16.5. The molecule has 0 atom stereocenters. The second-order valence-corrected chi connectivity index (χ2v) is 9.82. The maximum Gasteiger partial charge on any atom is 0.247 e. The first-order valence-electron chi connectivity index (χ1n) is 13.0. The summed E-state index contributed by atoms with van der Waals surface area (Å²) in [7, 11) is 7.83. The van der Waals surface area contributed by atoms with Crippen LogP contribution in [0.25, 0.3) is 22.6 Å². The third-order valence-corrected chi connectivity index (χ3v) is 7.21. The van der Waals surface area contributed by atoms with Gasteiger partial charge in [-0.25, -0.2) is 15.0 Å². The predicted octanol–water partition coefficient (Wildman–Crippen LogP) is 4.44. The van der Waals surface area contributed by atoms with Crippen LogP contribution in [0.5, 0.6) is 5.75 Å². The smallest absolute Gasteiger partial charge is 0.247 e. The van der Waals surface area contributed by atoms with Gasteiger partial charge in [0.05, 0.1) is 35.2 Å². The maximum absolute atomic E-state index is 12.3. The van der Waals surface area contributed by atoms with Crippen molar-refractivity contribution in [2.24, 2.45) is 7.05 Å². The van der Waals surface area contributed by atoms with Crippen molar-refractivity contribution < 1.29 is 9.53 Å². The van der Waals surface area contributed by atoms with E-state index in [4.69, 9.17) is 14.7 Å². The molecule has 1 fully saturated rings.